The van der Waals surface area contributed by atoms with E-state index in [1.54, 1.807) is 86.8 Å². The molecule has 1 aliphatic heterocycles. The molecular formula is C49H46ClN5O8. The van der Waals surface area contributed by atoms with Gasteiger partial charge >= 0.3 is 12.1 Å². The fraction of sp³-hybridized carbons (Fsp3) is 0.204. The summed E-state index contributed by atoms with van der Waals surface area (Å²) < 4.78 is 16.4. The number of carbonyl (C=O) groups excluding carboxylic acids is 5. The monoisotopic (exact) mass is 867 g/mol. The smallest absolute Gasteiger partial charge is 0.411 e. The van der Waals surface area contributed by atoms with Gasteiger partial charge in [0.05, 0.1) is 32.4 Å². The zero-order valence-corrected chi connectivity index (χ0v) is 35.8. The third-order valence-electron chi connectivity index (χ3n) is 11.6. The third kappa shape index (κ3) is 8.71. The van der Waals surface area contributed by atoms with Crippen LogP contribution >= 0.6 is 12.4 Å². The van der Waals surface area contributed by atoms with Gasteiger partial charge in [0.25, 0.3) is 5.91 Å². The van der Waals surface area contributed by atoms with Crippen molar-refractivity contribution in [1.29, 1.82) is 0 Å². The molecule has 4 N–H and O–H groups in total. The summed E-state index contributed by atoms with van der Waals surface area (Å²) in [5.74, 6) is -1.45. The number of amides is 3. The molecule has 0 saturated heterocycles. The number of methoxy groups -OCH3 is 2. The zero-order chi connectivity index (χ0) is 43.5. The molecule has 0 fully saturated rings. The predicted molar refractivity (Wildman–Crippen MR) is 243 cm³/mol. The Labute approximate surface area is 370 Å². The number of halogens is 1. The molecule has 3 amide bonds. The number of carbonyl (C=O) groups is 5. The standard InChI is InChI=1S/C49H45N5O8.ClH/c1-28(50-2)46(56)53-45-47(57)54(26-39-33-23-19-31(48(58)61-4)25-30(33)20-24-42(39)60-3)41-16-10-9-15-38(41)43(52-45)44(55)29-17-21-32(22-18-29)51-49(59)62-27-40-36-13-7-5-11-34(36)35-12-6-8-14-37(35)40;/h5-25,28,40,43,45,50,52H,26-27H2,1-4H3,(H,51,59)(H,53,56);1H. The first kappa shape index (κ1) is 44.0. The molecule has 14 heteroatoms. The fourth-order valence-corrected chi connectivity index (χ4v) is 8.23. The molecule has 8 rings (SSSR count). The second-order valence-electron chi connectivity index (χ2n) is 15.1. The van der Waals surface area contributed by atoms with Crippen LogP contribution in [0.15, 0.2) is 127 Å². The maximum Gasteiger partial charge on any atom is 0.411 e. The van der Waals surface area contributed by atoms with E-state index in [4.69, 9.17) is 14.2 Å². The molecule has 6 aromatic carbocycles. The minimum Gasteiger partial charge on any atom is -0.496 e. The molecule has 1 heterocycles. The first-order chi connectivity index (χ1) is 30.1. The molecule has 3 atom stereocenters. The van der Waals surface area contributed by atoms with E-state index in [0.29, 0.717) is 39.4 Å². The number of Topliss-reactive ketones (excluding diaryl/α,β-unsaturated/α-hetero) is 1. The number of nitrogens with one attached hydrogen (secondary N) is 4. The van der Waals surface area contributed by atoms with E-state index in [-0.39, 0.29) is 37.3 Å². The Balaban J connectivity index is 0.00000595. The highest BCUT2D eigenvalue weighted by Crippen LogP contribution is 2.44. The van der Waals surface area contributed by atoms with Crippen LogP contribution in [0.1, 0.15) is 61.9 Å². The number of hydrogen-bond acceptors (Lipinski definition) is 10. The third-order valence-corrected chi connectivity index (χ3v) is 11.6. The van der Waals surface area contributed by atoms with Gasteiger partial charge in [-0.05, 0) is 95.5 Å². The van der Waals surface area contributed by atoms with Crippen LogP contribution in [0, 0.1) is 0 Å². The number of nitrogens with zero attached hydrogens (tertiary/aromatic N) is 1. The number of likely N-dealkylation sites (N-methyl/N-ethyl adjacent to an activating group) is 1. The lowest BCUT2D eigenvalue weighted by atomic mass is 9.95. The van der Waals surface area contributed by atoms with Gasteiger partial charge in [0.15, 0.2) is 11.9 Å². The molecule has 0 saturated carbocycles. The number of fused-ring (bicyclic) bond motifs is 5. The number of ether oxygens (including phenoxy) is 3. The predicted octanol–water partition coefficient (Wildman–Crippen LogP) is 7.53. The van der Waals surface area contributed by atoms with E-state index in [9.17, 15) is 24.0 Å². The van der Waals surface area contributed by atoms with Crippen molar-refractivity contribution in [3.05, 3.63) is 161 Å². The molecular weight excluding hydrogens is 822 g/mol. The number of para-hydroxylation sites is 1. The van der Waals surface area contributed by atoms with Crippen molar-refractivity contribution >= 4 is 64.2 Å². The Bertz CT molecular complexity index is 2680. The maximum absolute atomic E-state index is 14.8. The molecule has 0 bridgehead atoms. The Morgan fingerprint density at radius 1 is 0.778 bits per heavy atom. The van der Waals surface area contributed by atoms with Crippen molar-refractivity contribution in [3.63, 3.8) is 0 Å². The molecule has 6 aromatic rings. The van der Waals surface area contributed by atoms with Crippen molar-refractivity contribution in [2.45, 2.75) is 37.6 Å². The highest BCUT2D eigenvalue weighted by atomic mass is 35.5. The lowest BCUT2D eigenvalue weighted by molar-refractivity contribution is -0.129. The molecule has 322 valence electrons. The summed E-state index contributed by atoms with van der Waals surface area (Å²) in [4.78, 5) is 69.7. The van der Waals surface area contributed by atoms with E-state index in [1.807, 2.05) is 30.3 Å². The van der Waals surface area contributed by atoms with E-state index in [0.717, 1.165) is 33.0 Å². The first-order valence-electron chi connectivity index (χ1n) is 20.2. The van der Waals surface area contributed by atoms with Crippen molar-refractivity contribution in [3.8, 4) is 16.9 Å². The molecule has 63 heavy (non-hydrogen) atoms. The Kier molecular flexibility index (Phi) is 13.2. The van der Waals surface area contributed by atoms with Crippen LogP contribution in [0.25, 0.3) is 21.9 Å². The Hall–Kier alpha value is -7.06. The van der Waals surface area contributed by atoms with Crippen LogP contribution in [0.2, 0.25) is 0 Å². The summed E-state index contributed by atoms with van der Waals surface area (Å²) in [6, 6.07) is 36.6. The maximum atomic E-state index is 14.8. The van der Waals surface area contributed by atoms with Gasteiger partial charge in [0, 0.05) is 34.0 Å². The van der Waals surface area contributed by atoms with Crippen LogP contribution in [-0.4, -0.2) is 69.7 Å². The van der Waals surface area contributed by atoms with Crippen LogP contribution in [0.5, 0.6) is 5.75 Å². The van der Waals surface area contributed by atoms with Crippen LogP contribution in [0.4, 0.5) is 16.2 Å². The largest absolute Gasteiger partial charge is 0.496 e. The number of hydrogen-bond donors (Lipinski definition) is 4. The lowest BCUT2D eigenvalue weighted by Crippen LogP contribution is -2.58. The number of esters is 1. The highest BCUT2D eigenvalue weighted by Gasteiger charge is 2.39. The molecule has 3 unspecified atom stereocenters. The van der Waals surface area contributed by atoms with Crippen LogP contribution in [0.3, 0.4) is 0 Å². The van der Waals surface area contributed by atoms with Gasteiger partial charge in [-0.15, -0.1) is 12.4 Å². The summed E-state index contributed by atoms with van der Waals surface area (Å²) in [5.41, 5.74) is 7.12. The minimum absolute atomic E-state index is 0. The Morgan fingerprint density at radius 2 is 1.41 bits per heavy atom. The summed E-state index contributed by atoms with van der Waals surface area (Å²) in [6.07, 6.45) is -1.97. The second kappa shape index (κ2) is 18.9. The molecule has 1 aliphatic carbocycles. The molecule has 0 aromatic heterocycles. The van der Waals surface area contributed by atoms with Crippen molar-refractivity contribution in [1.82, 2.24) is 16.0 Å². The summed E-state index contributed by atoms with van der Waals surface area (Å²) in [6.45, 7) is 1.79. The summed E-state index contributed by atoms with van der Waals surface area (Å²) in [5, 5.41) is 13.1. The van der Waals surface area contributed by atoms with Gasteiger partial charge in [0.1, 0.15) is 18.4 Å². The van der Waals surface area contributed by atoms with Gasteiger partial charge < -0.3 is 29.7 Å². The van der Waals surface area contributed by atoms with Gasteiger partial charge in [-0.25, -0.2) is 9.59 Å². The minimum atomic E-state index is -1.33. The van der Waals surface area contributed by atoms with Crippen molar-refractivity contribution in [2.24, 2.45) is 0 Å². The van der Waals surface area contributed by atoms with Crippen molar-refractivity contribution < 1.29 is 38.2 Å². The summed E-state index contributed by atoms with van der Waals surface area (Å²) in [7, 11) is 4.48. The highest BCUT2D eigenvalue weighted by molar-refractivity contribution is 6.07. The molecule has 0 radical (unpaired) electrons. The average Bonchev–Trinajstić information content (AvgIpc) is 3.57. The van der Waals surface area contributed by atoms with Gasteiger partial charge in [0.2, 0.25) is 5.91 Å². The van der Waals surface area contributed by atoms with Crippen molar-refractivity contribution in [2.75, 3.05) is 38.1 Å². The van der Waals surface area contributed by atoms with E-state index in [2.05, 4.69) is 45.5 Å². The van der Waals surface area contributed by atoms with Crippen LogP contribution < -0.4 is 30.9 Å². The van der Waals surface area contributed by atoms with Gasteiger partial charge in [-0.2, -0.15) is 0 Å². The number of ketones is 1. The second-order valence-corrected chi connectivity index (χ2v) is 15.1. The zero-order valence-electron chi connectivity index (χ0n) is 35.0. The average molecular weight is 868 g/mol. The molecule has 2 aliphatic rings. The fourth-order valence-electron chi connectivity index (χ4n) is 8.23. The normalized spacial score (nSPS) is 15.7. The van der Waals surface area contributed by atoms with Gasteiger partial charge in [-0.1, -0.05) is 78.9 Å². The molecule has 13 nitrogen and oxygen atoms in total. The van der Waals surface area contributed by atoms with E-state index >= 15 is 0 Å². The Morgan fingerprint density at radius 3 is 2.06 bits per heavy atom. The first-order valence-corrected chi connectivity index (χ1v) is 20.2. The quantitative estimate of drug-likeness (QED) is 0.0714. The van der Waals surface area contributed by atoms with E-state index in [1.165, 1.54) is 19.1 Å². The topological polar surface area (TPSA) is 164 Å². The molecule has 0 spiro atoms. The van der Waals surface area contributed by atoms with Gasteiger partial charge in [-0.3, -0.25) is 25.0 Å². The van der Waals surface area contributed by atoms with E-state index < -0.39 is 42.1 Å². The van der Waals surface area contributed by atoms with Crippen LogP contribution in [-0.2, 0) is 25.6 Å². The summed E-state index contributed by atoms with van der Waals surface area (Å²) >= 11 is 0. The number of rotatable bonds is 12. The number of anilines is 2. The number of benzene rings is 6. The SMILES string of the molecule is CNC(C)C(=O)NC1NC(C(=O)c2ccc(NC(=O)OCC3c4ccccc4-c4ccccc43)cc2)c2ccccc2N(Cc2c(OC)ccc3cc(C(=O)OC)ccc23)C1=O.Cl. The lowest BCUT2D eigenvalue weighted by Gasteiger charge is -2.28.